The van der Waals surface area contributed by atoms with Gasteiger partial charge >= 0.3 is 0 Å². The fraction of sp³-hybridized carbons (Fsp3) is 0.529. The molecule has 2 saturated heterocycles. The Morgan fingerprint density at radius 2 is 1.88 bits per heavy atom. The largest absolute Gasteiger partial charge is 0.486 e. The van der Waals surface area contributed by atoms with Gasteiger partial charge in [-0.1, -0.05) is 0 Å². The number of hydrogen-bond acceptors (Lipinski definition) is 5. The highest BCUT2D eigenvalue weighted by atomic mass is 32.2. The summed E-state index contributed by atoms with van der Waals surface area (Å²) in [6, 6.07) is 5.51. The molecular formula is C17H20N2O4S. The minimum absolute atomic E-state index is 0.00332. The molecule has 3 aliphatic heterocycles. The Morgan fingerprint density at radius 3 is 2.67 bits per heavy atom. The predicted octanol–water partition coefficient (Wildman–Crippen LogP) is 1.39. The Bertz CT molecular complexity index is 660. The maximum atomic E-state index is 12.6. The molecule has 0 aliphatic carbocycles. The lowest BCUT2D eigenvalue weighted by molar-refractivity contribution is -0.135. The molecule has 2 amide bonds. The zero-order valence-electron chi connectivity index (χ0n) is 13.4. The topological polar surface area (TPSA) is 59.1 Å². The molecule has 7 heteroatoms. The van der Waals surface area contributed by atoms with Crippen LogP contribution in [0.2, 0.25) is 0 Å². The van der Waals surface area contributed by atoms with Gasteiger partial charge in [-0.25, -0.2) is 0 Å². The third-order valence-corrected chi connectivity index (χ3v) is 5.58. The van der Waals surface area contributed by atoms with Crippen LogP contribution in [0.4, 0.5) is 5.69 Å². The highest BCUT2D eigenvalue weighted by Gasteiger charge is 2.37. The molecule has 24 heavy (non-hydrogen) atoms. The van der Waals surface area contributed by atoms with Crippen LogP contribution in [0.25, 0.3) is 0 Å². The fourth-order valence-corrected chi connectivity index (χ4v) is 4.27. The number of anilines is 1. The Hall–Kier alpha value is -1.89. The lowest BCUT2D eigenvalue weighted by Gasteiger charge is -2.28. The van der Waals surface area contributed by atoms with Crippen LogP contribution in [-0.2, 0) is 9.59 Å². The maximum Gasteiger partial charge on any atom is 0.228 e. The zero-order valence-corrected chi connectivity index (χ0v) is 14.2. The van der Waals surface area contributed by atoms with Crippen LogP contribution in [0.3, 0.4) is 0 Å². The monoisotopic (exact) mass is 348 g/mol. The molecule has 0 unspecified atom stereocenters. The predicted molar refractivity (Wildman–Crippen MR) is 91.8 cm³/mol. The van der Waals surface area contributed by atoms with Gasteiger partial charge in [0.25, 0.3) is 0 Å². The van der Waals surface area contributed by atoms with E-state index in [1.54, 1.807) is 4.90 Å². The second kappa shape index (κ2) is 6.55. The Kier molecular flexibility index (Phi) is 4.26. The minimum Gasteiger partial charge on any atom is -0.486 e. The molecule has 4 rings (SSSR count). The van der Waals surface area contributed by atoms with Crippen LogP contribution in [-0.4, -0.2) is 61.1 Å². The first-order chi connectivity index (χ1) is 11.7. The zero-order chi connectivity index (χ0) is 16.5. The van der Waals surface area contributed by atoms with Crippen molar-refractivity contribution in [2.75, 3.05) is 49.3 Å². The van der Waals surface area contributed by atoms with Gasteiger partial charge in [-0.3, -0.25) is 9.59 Å². The van der Waals surface area contributed by atoms with Crippen LogP contribution in [0.5, 0.6) is 11.5 Å². The first-order valence-electron chi connectivity index (χ1n) is 8.29. The van der Waals surface area contributed by atoms with E-state index >= 15 is 0 Å². The average Bonchev–Trinajstić information content (AvgIpc) is 3.03. The molecule has 0 aromatic heterocycles. The lowest BCUT2D eigenvalue weighted by Crippen LogP contribution is -2.42. The summed E-state index contributed by atoms with van der Waals surface area (Å²) >= 11 is 1.87. The molecule has 0 bridgehead atoms. The van der Waals surface area contributed by atoms with Crippen LogP contribution >= 0.6 is 11.8 Å². The third kappa shape index (κ3) is 2.92. The van der Waals surface area contributed by atoms with E-state index in [0.29, 0.717) is 31.3 Å². The van der Waals surface area contributed by atoms with Gasteiger partial charge in [0.15, 0.2) is 11.5 Å². The van der Waals surface area contributed by atoms with Gasteiger partial charge in [0, 0.05) is 49.3 Å². The summed E-state index contributed by atoms with van der Waals surface area (Å²) in [7, 11) is 0. The number of hydrogen-bond donors (Lipinski definition) is 0. The molecule has 128 valence electrons. The van der Waals surface area contributed by atoms with E-state index in [-0.39, 0.29) is 24.2 Å². The van der Waals surface area contributed by atoms with Crippen LogP contribution in [0.1, 0.15) is 6.42 Å². The Balaban J connectivity index is 1.48. The van der Waals surface area contributed by atoms with Crippen molar-refractivity contribution in [2.24, 2.45) is 5.92 Å². The highest BCUT2D eigenvalue weighted by Crippen LogP contribution is 2.36. The van der Waals surface area contributed by atoms with Crippen molar-refractivity contribution >= 4 is 29.3 Å². The molecule has 1 aromatic carbocycles. The second-order valence-corrected chi connectivity index (χ2v) is 7.40. The molecule has 0 radical (unpaired) electrons. The summed E-state index contributed by atoms with van der Waals surface area (Å²) in [6.07, 6.45) is 0.289. The number of fused-ring (bicyclic) bond motifs is 1. The van der Waals surface area contributed by atoms with E-state index in [2.05, 4.69) is 0 Å². The van der Waals surface area contributed by atoms with E-state index in [9.17, 15) is 9.59 Å². The van der Waals surface area contributed by atoms with Gasteiger partial charge in [-0.15, -0.1) is 0 Å². The van der Waals surface area contributed by atoms with Gasteiger partial charge < -0.3 is 19.3 Å². The van der Waals surface area contributed by atoms with Crippen LogP contribution < -0.4 is 14.4 Å². The van der Waals surface area contributed by atoms with Crippen molar-refractivity contribution in [2.45, 2.75) is 6.42 Å². The van der Waals surface area contributed by atoms with Crippen LogP contribution in [0.15, 0.2) is 18.2 Å². The first kappa shape index (κ1) is 15.6. The van der Waals surface area contributed by atoms with Gasteiger partial charge in [0.1, 0.15) is 13.2 Å². The quantitative estimate of drug-likeness (QED) is 0.808. The second-order valence-electron chi connectivity index (χ2n) is 6.17. The average molecular weight is 348 g/mol. The number of rotatable bonds is 2. The minimum atomic E-state index is -0.242. The molecule has 0 N–H and O–H groups in total. The van der Waals surface area contributed by atoms with Crippen molar-refractivity contribution in [1.82, 2.24) is 4.90 Å². The van der Waals surface area contributed by atoms with Gasteiger partial charge in [-0.05, 0) is 12.1 Å². The molecule has 6 nitrogen and oxygen atoms in total. The molecule has 0 saturated carbocycles. The third-order valence-electron chi connectivity index (χ3n) is 4.63. The standard InChI is InChI=1S/C17H20N2O4S/c20-16-9-12(17(21)18-3-7-24-8-4-18)11-19(16)13-1-2-14-15(10-13)23-6-5-22-14/h1-2,10,12H,3-9,11H2/t12-/m1/s1. The van der Waals surface area contributed by atoms with E-state index in [1.807, 2.05) is 34.9 Å². The van der Waals surface area contributed by atoms with Crippen molar-refractivity contribution < 1.29 is 19.1 Å². The SMILES string of the molecule is O=C([C@@H]1CC(=O)N(c2ccc3c(c2)OCCO3)C1)N1CCSCC1. The molecule has 1 atom stereocenters. The van der Waals surface area contributed by atoms with E-state index in [0.717, 1.165) is 30.3 Å². The number of carbonyl (C=O) groups excluding carboxylic acids is 2. The van der Waals surface area contributed by atoms with E-state index in [1.165, 1.54) is 0 Å². The summed E-state index contributed by atoms with van der Waals surface area (Å²) in [4.78, 5) is 28.7. The number of thioether (sulfide) groups is 1. The van der Waals surface area contributed by atoms with E-state index in [4.69, 9.17) is 9.47 Å². The normalized spacial score (nSPS) is 23.5. The number of amides is 2. The summed E-state index contributed by atoms with van der Waals surface area (Å²) in [5, 5.41) is 0. The molecule has 1 aromatic rings. The van der Waals surface area contributed by atoms with Crippen molar-refractivity contribution in [1.29, 1.82) is 0 Å². The van der Waals surface area contributed by atoms with Crippen molar-refractivity contribution in [3.8, 4) is 11.5 Å². The van der Waals surface area contributed by atoms with Crippen molar-refractivity contribution in [3.63, 3.8) is 0 Å². The number of carbonyl (C=O) groups is 2. The number of ether oxygens (including phenoxy) is 2. The van der Waals surface area contributed by atoms with Crippen LogP contribution in [0, 0.1) is 5.92 Å². The fourth-order valence-electron chi connectivity index (χ4n) is 3.36. The summed E-state index contributed by atoms with van der Waals surface area (Å²) < 4.78 is 11.1. The molecule has 3 heterocycles. The summed E-state index contributed by atoms with van der Waals surface area (Å²) in [6.45, 7) is 3.08. The molecule has 0 spiro atoms. The number of benzene rings is 1. The molecule has 2 fully saturated rings. The highest BCUT2D eigenvalue weighted by molar-refractivity contribution is 7.99. The summed E-state index contributed by atoms with van der Waals surface area (Å²) in [5.74, 6) is 3.20. The molecular weight excluding hydrogens is 328 g/mol. The van der Waals surface area contributed by atoms with Gasteiger partial charge in [0.05, 0.1) is 5.92 Å². The van der Waals surface area contributed by atoms with Crippen molar-refractivity contribution in [3.05, 3.63) is 18.2 Å². The summed E-state index contributed by atoms with van der Waals surface area (Å²) in [5.41, 5.74) is 0.772. The number of nitrogens with zero attached hydrogens (tertiary/aromatic N) is 2. The van der Waals surface area contributed by atoms with Gasteiger partial charge in [-0.2, -0.15) is 11.8 Å². The lowest BCUT2D eigenvalue weighted by atomic mass is 10.1. The first-order valence-corrected chi connectivity index (χ1v) is 9.44. The Morgan fingerprint density at radius 1 is 1.12 bits per heavy atom. The van der Waals surface area contributed by atoms with Gasteiger partial charge in [0.2, 0.25) is 11.8 Å². The Labute approximate surface area is 145 Å². The van der Waals surface area contributed by atoms with E-state index < -0.39 is 0 Å². The maximum absolute atomic E-state index is 12.6. The smallest absolute Gasteiger partial charge is 0.228 e. The molecule has 3 aliphatic rings.